The number of rotatable bonds is 3. The fraction of sp³-hybridized carbons (Fsp3) is 0.478. The van der Waals surface area contributed by atoms with Crippen molar-refractivity contribution in [2.24, 2.45) is 0 Å². The van der Waals surface area contributed by atoms with Gasteiger partial charge in [0, 0.05) is 32.4 Å². The minimum Gasteiger partial charge on any atom is -0.355 e. The predicted octanol–water partition coefficient (Wildman–Crippen LogP) is 4.17. The van der Waals surface area contributed by atoms with Crippen molar-refractivity contribution in [3.8, 4) is 0 Å². The van der Waals surface area contributed by atoms with Crippen molar-refractivity contribution in [1.29, 1.82) is 0 Å². The summed E-state index contributed by atoms with van der Waals surface area (Å²) in [6.45, 7) is 3.70. The van der Waals surface area contributed by atoms with Gasteiger partial charge in [0.1, 0.15) is 17.2 Å². The predicted molar refractivity (Wildman–Crippen MR) is 121 cm³/mol. The summed E-state index contributed by atoms with van der Waals surface area (Å²) >= 11 is 6.44. The number of halogens is 2. The van der Waals surface area contributed by atoms with Crippen molar-refractivity contribution in [1.82, 2.24) is 24.2 Å². The molecule has 0 radical (unpaired) electrons. The van der Waals surface area contributed by atoms with Gasteiger partial charge in [0.15, 0.2) is 0 Å². The van der Waals surface area contributed by atoms with E-state index in [1.54, 1.807) is 10.6 Å². The molecule has 2 aliphatic rings. The van der Waals surface area contributed by atoms with E-state index in [1.165, 1.54) is 0 Å². The topological polar surface area (TPSA) is 39.9 Å². The third kappa shape index (κ3) is 3.69. The van der Waals surface area contributed by atoms with Crippen LogP contribution in [0.2, 0.25) is 5.02 Å². The Hall–Kier alpha value is -2.22. The Balaban J connectivity index is 1.51. The van der Waals surface area contributed by atoms with Gasteiger partial charge < -0.3 is 9.80 Å². The fourth-order valence-corrected chi connectivity index (χ4v) is 5.23. The molecule has 0 N–H and O–H groups in total. The zero-order valence-corrected chi connectivity index (χ0v) is 18.8. The summed E-state index contributed by atoms with van der Waals surface area (Å²) in [6.07, 6.45) is 4.56. The number of piperazine rings is 1. The van der Waals surface area contributed by atoms with Gasteiger partial charge in [-0.2, -0.15) is 4.39 Å². The highest BCUT2D eigenvalue weighted by molar-refractivity contribution is 6.31. The Morgan fingerprint density at radius 3 is 2.45 bits per heavy atom. The molecule has 8 heteroatoms. The smallest absolute Gasteiger partial charge is 0.224 e. The van der Waals surface area contributed by atoms with E-state index in [1.807, 2.05) is 37.4 Å². The molecule has 0 saturated carbocycles. The molecule has 164 valence electrons. The summed E-state index contributed by atoms with van der Waals surface area (Å²) < 4.78 is 17.6. The Kier molecular flexibility index (Phi) is 5.58. The number of likely N-dealkylation sites (N-methyl/N-ethyl adjacent to an activating group) is 1. The third-order valence-corrected chi connectivity index (χ3v) is 7.09. The van der Waals surface area contributed by atoms with Crippen molar-refractivity contribution in [2.75, 3.05) is 45.2 Å². The van der Waals surface area contributed by atoms with Gasteiger partial charge >= 0.3 is 0 Å². The molecule has 2 saturated heterocycles. The second-order valence-electron chi connectivity index (χ2n) is 8.65. The van der Waals surface area contributed by atoms with Crippen LogP contribution in [-0.2, 0) is 0 Å². The molecule has 5 rings (SSSR count). The molecule has 0 unspecified atom stereocenters. The molecule has 0 aromatic carbocycles. The quantitative estimate of drug-likeness (QED) is 0.608. The summed E-state index contributed by atoms with van der Waals surface area (Å²) in [6, 6.07) is 9.50. The molecule has 0 aliphatic carbocycles. The molecule has 2 atom stereocenters. The zero-order chi connectivity index (χ0) is 21.5. The first-order valence-corrected chi connectivity index (χ1v) is 11.3. The first kappa shape index (κ1) is 20.7. The third-order valence-electron chi connectivity index (χ3n) is 6.78. The lowest BCUT2D eigenvalue weighted by atomic mass is 9.92. The highest BCUT2D eigenvalue weighted by atomic mass is 35.5. The van der Waals surface area contributed by atoms with Gasteiger partial charge in [0.25, 0.3) is 0 Å². The standard InChI is InChI=1S/C23H28ClFN6/c1-28-12-14-30(15-13-28)20-10-4-9-19-27-22(23(25)31(19)20)18-8-3-7-17(29(18)2)21-16(24)6-5-11-26-21/h4-6,9-11,17-18H,3,7-8,12-15H2,1-2H3/t17-,18+/m0/s1. The van der Waals surface area contributed by atoms with Crippen LogP contribution < -0.4 is 4.90 Å². The largest absolute Gasteiger partial charge is 0.355 e. The molecule has 5 heterocycles. The number of piperidine rings is 1. The summed E-state index contributed by atoms with van der Waals surface area (Å²) in [7, 11) is 4.15. The fourth-order valence-electron chi connectivity index (χ4n) is 4.98. The number of pyridine rings is 2. The first-order valence-electron chi connectivity index (χ1n) is 11.0. The number of nitrogens with zero attached hydrogens (tertiary/aromatic N) is 6. The number of fused-ring (bicyclic) bond motifs is 1. The lowest BCUT2D eigenvalue weighted by Gasteiger charge is -2.38. The van der Waals surface area contributed by atoms with Crippen LogP contribution in [-0.4, -0.2) is 64.4 Å². The number of likely N-dealkylation sites (tertiary alicyclic amines) is 1. The normalized spacial score (nSPS) is 23.5. The van der Waals surface area contributed by atoms with E-state index in [9.17, 15) is 0 Å². The van der Waals surface area contributed by atoms with Crippen LogP contribution in [0.5, 0.6) is 0 Å². The molecular formula is C23H28ClFN6. The van der Waals surface area contributed by atoms with Gasteiger partial charge in [0.2, 0.25) is 5.95 Å². The highest BCUT2D eigenvalue weighted by Gasteiger charge is 2.35. The Morgan fingerprint density at radius 1 is 0.968 bits per heavy atom. The van der Waals surface area contributed by atoms with Gasteiger partial charge in [-0.25, -0.2) is 4.98 Å². The minimum atomic E-state index is -0.255. The number of imidazole rings is 1. The Morgan fingerprint density at radius 2 is 1.71 bits per heavy atom. The molecule has 2 fully saturated rings. The minimum absolute atomic E-state index is 0.0498. The molecule has 3 aromatic rings. The molecule has 0 bridgehead atoms. The maximum Gasteiger partial charge on any atom is 0.224 e. The van der Waals surface area contributed by atoms with E-state index >= 15 is 4.39 Å². The average molecular weight is 443 g/mol. The molecule has 3 aromatic heterocycles. The van der Waals surface area contributed by atoms with Crippen LogP contribution in [0.4, 0.5) is 10.2 Å². The van der Waals surface area contributed by atoms with Crippen molar-refractivity contribution in [3.63, 3.8) is 0 Å². The summed E-state index contributed by atoms with van der Waals surface area (Å²) in [4.78, 5) is 16.0. The average Bonchev–Trinajstić information content (AvgIpc) is 3.12. The van der Waals surface area contributed by atoms with Gasteiger partial charge in [-0.15, -0.1) is 0 Å². The monoisotopic (exact) mass is 442 g/mol. The molecule has 6 nitrogen and oxygen atoms in total. The van der Waals surface area contributed by atoms with Gasteiger partial charge in [0.05, 0.1) is 22.8 Å². The summed E-state index contributed by atoms with van der Waals surface area (Å²) in [5.74, 6) is 0.624. The van der Waals surface area contributed by atoms with Crippen LogP contribution in [0.25, 0.3) is 5.65 Å². The van der Waals surface area contributed by atoms with Gasteiger partial charge in [-0.05, 0) is 57.6 Å². The first-order chi connectivity index (χ1) is 15.0. The molecule has 0 amide bonds. The van der Waals surface area contributed by atoms with E-state index in [0.29, 0.717) is 16.4 Å². The van der Waals surface area contributed by atoms with Crippen molar-refractivity contribution >= 4 is 23.1 Å². The van der Waals surface area contributed by atoms with E-state index < -0.39 is 0 Å². The van der Waals surface area contributed by atoms with Crippen molar-refractivity contribution < 1.29 is 4.39 Å². The Labute approximate surface area is 187 Å². The molecule has 2 aliphatic heterocycles. The van der Waals surface area contributed by atoms with E-state index in [-0.39, 0.29) is 18.0 Å². The van der Waals surface area contributed by atoms with E-state index in [4.69, 9.17) is 16.6 Å². The van der Waals surface area contributed by atoms with Crippen LogP contribution >= 0.6 is 11.6 Å². The lowest BCUT2D eigenvalue weighted by Crippen LogP contribution is -2.45. The Bertz CT molecular complexity index is 1080. The van der Waals surface area contributed by atoms with Crippen molar-refractivity contribution in [3.05, 3.63) is 58.9 Å². The second-order valence-corrected chi connectivity index (χ2v) is 9.06. The maximum atomic E-state index is 15.9. The molecule has 0 spiro atoms. The zero-order valence-electron chi connectivity index (χ0n) is 18.0. The van der Waals surface area contributed by atoms with E-state index in [0.717, 1.165) is 57.0 Å². The molecule has 31 heavy (non-hydrogen) atoms. The summed E-state index contributed by atoms with van der Waals surface area (Å²) in [5, 5.41) is 0.660. The maximum absolute atomic E-state index is 15.9. The number of aromatic nitrogens is 3. The summed E-state index contributed by atoms with van der Waals surface area (Å²) in [5.41, 5.74) is 2.04. The van der Waals surface area contributed by atoms with Crippen molar-refractivity contribution in [2.45, 2.75) is 31.3 Å². The second kappa shape index (κ2) is 8.37. The van der Waals surface area contributed by atoms with Crippen LogP contribution in [0.1, 0.15) is 42.7 Å². The lowest BCUT2D eigenvalue weighted by molar-refractivity contribution is 0.107. The number of hydrogen-bond donors (Lipinski definition) is 0. The van der Waals surface area contributed by atoms with Crippen LogP contribution in [0, 0.1) is 5.95 Å². The van der Waals surface area contributed by atoms with Gasteiger partial charge in [-0.3, -0.25) is 14.3 Å². The van der Waals surface area contributed by atoms with Crippen LogP contribution in [0.15, 0.2) is 36.5 Å². The SMILES string of the molecule is CN1CCN(c2cccc3nc([C@H]4CCC[C@@H](c5ncccc5Cl)N4C)c(F)n23)CC1. The van der Waals surface area contributed by atoms with Crippen LogP contribution in [0.3, 0.4) is 0 Å². The highest BCUT2D eigenvalue weighted by Crippen LogP contribution is 2.42. The van der Waals surface area contributed by atoms with Gasteiger partial charge in [-0.1, -0.05) is 17.7 Å². The number of anilines is 1. The molecular weight excluding hydrogens is 415 g/mol. The number of hydrogen-bond acceptors (Lipinski definition) is 5. The van der Waals surface area contributed by atoms with E-state index in [2.05, 4.69) is 26.7 Å².